The van der Waals surface area contributed by atoms with Crippen LogP contribution in [0.5, 0.6) is 0 Å². The molecular formula is C14H21NO2. The van der Waals surface area contributed by atoms with E-state index < -0.39 is 0 Å². The van der Waals surface area contributed by atoms with Crippen LogP contribution in [0.25, 0.3) is 0 Å². The lowest BCUT2D eigenvalue weighted by Crippen LogP contribution is -2.34. The number of benzene rings is 1. The average molecular weight is 235 g/mol. The second-order valence-electron chi connectivity index (χ2n) is 4.57. The second kappa shape index (κ2) is 5.82. The topological polar surface area (TPSA) is 52.3 Å². The summed E-state index contributed by atoms with van der Waals surface area (Å²) in [7, 11) is 1.40. The molecule has 3 nitrogen and oxygen atoms in total. The number of nitrogens with two attached hydrogens (primary N) is 1. The van der Waals surface area contributed by atoms with E-state index in [1.165, 1.54) is 12.7 Å². The normalized spacial score (nSPS) is 14.1. The molecule has 0 heterocycles. The summed E-state index contributed by atoms with van der Waals surface area (Å²) in [6, 6.07) is 8.27. The number of hydrogen-bond donors (Lipinski definition) is 1. The van der Waals surface area contributed by atoms with Crippen LogP contribution in [0.1, 0.15) is 31.4 Å². The minimum atomic E-state index is -0.348. The lowest BCUT2D eigenvalue weighted by molar-refractivity contribution is -0.141. The standard InChI is InChI=1S/C14H21NO2/c1-4-11-5-7-12(8-6-11)14(2,10-15)9-13(16)17-3/h5-8H,4,9-10,15H2,1-3H3. The Morgan fingerprint density at radius 1 is 1.35 bits per heavy atom. The van der Waals surface area contributed by atoms with Crippen molar-refractivity contribution in [2.75, 3.05) is 13.7 Å². The summed E-state index contributed by atoms with van der Waals surface area (Å²) in [6.07, 6.45) is 1.32. The van der Waals surface area contributed by atoms with Gasteiger partial charge in [0.15, 0.2) is 0 Å². The molecule has 0 aliphatic rings. The Morgan fingerprint density at radius 3 is 2.35 bits per heavy atom. The van der Waals surface area contributed by atoms with E-state index in [2.05, 4.69) is 31.2 Å². The number of hydrogen-bond acceptors (Lipinski definition) is 3. The fraction of sp³-hybridized carbons (Fsp3) is 0.500. The Kier molecular flexibility index (Phi) is 4.70. The first-order chi connectivity index (χ1) is 8.05. The van der Waals surface area contributed by atoms with Crippen LogP contribution >= 0.6 is 0 Å². The van der Waals surface area contributed by atoms with Crippen molar-refractivity contribution in [1.29, 1.82) is 0 Å². The summed E-state index contributed by atoms with van der Waals surface area (Å²) < 4.78 is 4.72. The zero-order chi connectivity index (χ0) is 12.9. The van der Waals surface area contributed by atoms with Crippen molar-refractivity contribution < 1.29 is 9.53 Å². The summed E-state index contributed by atoms with van der Waals surface area (Å²) in [5.41, 5.74) is 7.83. The van der Waals surface area contributed by atoms with Gasteiger partial charge in [0.05, 0.1) is 13.5 Å². The Morgan fingerprint density at radius 2 is 1.94 bits per heavy atom. The maximum Gasteiger partial charge on any atom is 0.306 e. The molecule has 1 unspecified atom stereocenters. The molecule has 1 aromatic rings. The van der Waals surface area contributed by atoms with Crippen molar-refractivity contribution in [3.8, 4) is 0 Å². The molecule has 0 saturated heterocycles. The van der Waals surface area contributed by atoms with Crippen LogP contribution in [0.2, 0.25) is 0 Å². The van der Waals surface area contributed by atoms with Gasteiger partial charge in [-0.2, -0.15) is 0 Å². The SMILES string of the molecule is CCc1ccc(C(C)(CN)CC(=O)OC)cc1. The van der Waals surface area contributed by atoms with Crippen LogP contribution in [0, 0.1) is 0 Å². The highest BCUT2D eigenvalue weighted by molar-refractivity contribution is 5.71. The third-order valence-corrected chi connectivity index (χ3v) is 3.27. The smallest absolute Gasteiger partial charge is 0.306 e. The Labute approximate surface area is 103 Å². The summed E-state index contributed by atoms with van der Waals surface area (Å²) >= 11 is 0. The quantitative estimate of drug-likeness (QED) is 0.794. The highest BCUT2D eigenvalue weighted by Crippen LogP contribution is 2.27. The Balaban J connectivity index is 2.94. The lowest BCUT2D eigenvalue weighted by Gasteiger charge is -2.27. The van der Waals surface area contributed by atoms with Gasteiger partial charge in [0.25, 0.3) is 0 Å². The van der Waals surface area contributed by atoms with E-state index in [1.54, 1.807) is 0 Å². The zero-order valence-electron chi connectivity index (χ0n) is 10.8. The summed E-state index contributed by atoms with van der Waals surface area (Å²) in [6.45, 7) is 4.53. The van der Waals surface area contributed by atoms with Crippen LogP contribution in [0.15, 0.2) is 24.3 Å². The van der Waals surface area contributed by atoms with Gasteiger partial charge in [0, 0.05) is 12.0 Å². The first-order valence-corrected chi connectivity index (χ1v) is 5.92. The molecule has 0 spiro atoms. The molecule has 0 aromatic heterocycles. The summed E-state index contributed by atoms with van der Waals surface area (Å²) in [4.78, 5) is 11.4. The molecule has 3 heteroatoms. The van der Waals surface area contributed by atoms with Gasteiger partial charge in [-0.25, -0.2) is 0 Å². The van der Waals surface area contributed by atoms with Gasteiger partial charge in [-0.1, -0.05) is 38.1 Å². The second-order valence-corrected chi connectivity index (χ2v) is 4.57. The van der Waals surface area contributed by atoms with Crippen LogP contribution < -0.4 is 5.73 Å². The number of methoxy groups -OCH3 is 1. The molecule has 0 amide bonds. The van der Waals surface area contributed by atoms with E-state index in [1.807, 2.05) is 6.92 Å². The summed E-state index contributed by atoms with van der Waals surface area (Å²) in [5, 5.41) is 0. The van der Waals surface area contributed by atoms with Crippen molar-refractivity contribution in [2.45, 2.75) is 32.1 Å². The molecule has 1 rings (SSSR count). The molecule has 0 saturated carbocycles. The maximum atomic E-state index is 11.4. The van der Waals surface area contributed by atoms with Gasteiger partial charge in [-0.15, -0.1) is 0 Å². The highest BCUT2D eigenvalue weighted by atomic mass is 16.5. The first-order valence-electron chi connectivity index (χ1n) is 5.92. The Hall–Kier alpha value is -1.35. The minimum Gasteiger partial charge on any atom is -0.469 e. The monoisotopic (exact) mass is 235 g/mol. The molecule has 0 aliphatic carbocycles. The third kappa shape index (κ3) is 3.30. The van der Waals surface area contributed by atoms with Crippen molar-refractivity contribution in [1.82, 2.24) is 0 Å². The molecule has 0 fully saturated rings. The molecule has 1 aromatic carbocycles. The van der Waals surface area contributed by atoms with E-state index in [4.69, 9.17) is 10.5 Å². The van der Waals surface area contributed by atoms with Crippen LogP contribution in [-0.4, -0.2) is 19.6 Å². The van der Waals surface area contributed by atoms with Gasteiger partial charge in [0.1, 0.15) is 0 Å². The fourth-order valence-corrected chi connectivity index (χ4v) is 1.83. The van der Waals surface area contributed by atoms with Gasteiger partial charge in [-0.05, 0) is 17.5 Å². The number of carbonyl (C=O) groups is 1. The van der Waals surface area contributed by atoms with Crippen molar-refractivity contribution >= 4 is 5.97 Å². The highest BCUT2D eigenvalue weighted by Gasteiger charge is 2.28. The van der Waals surface area contributed by atoms with Gasteiger partial charge < -0.3 is 10.5 Å². The molecule has 0 aliphatic heterocycles. The van der Waals surface area contributed by atoms with E-state index in [-0.39, 0.29) is 11.4 Å². The molecule has 2 N–H and O–H groups in total. The molecule has 0 bridgehead atoms. The predicted molar refractivity (Wildman–Crippen MR) is 68.9 cm³/mol. The number of esters is 1. The molecule has 0 radical (unpaired) electrons. The Bertz CT molecular complexity index is 372. The lowest BCUT2D eigenvalue weighted by atomic mass is 9.79. The molecule has 94 valence electrons. The molecule has 1 atom stereocenters. The van der Waals surface area contributed by atoms with E-state index in [9.17, 15) is 4.79 Å². The summed E-state index contributed by atoms with van der Waals surface area (Å²) in [5.74, 6) is -0.225. The largest absolute Gasteiger partial charge is 0.469 e. The molecular weight excluding hydrogens is 214 g/mol. The number of aryl methyl sites for hydroxylation is 1. The van der Waals surface area contributed by atoms with Crippen LogP contribution in [-0.2, 0) is 21.4 Å². The fourth-order valence-electron chi connectivity index (χ4n) is 1.83. The maximum absolute atomic E-state index is 11.4. The van der Waals surface area contributed by atoms with E-state index in [0.29, 0.717) is 13.0 Å². The van der Waals surface area contributed by atoms with Gasteiger partial charge in [0.2, 0.25) is 0 Å². The van der Waals surface area contributed by atoms with E-state index >= 15 is 0 Å². The minimum absolute atomic E-state index is 0.225. The van der Waals surface area contributed by atoms with E-state index in [0.717, 1.165) is 12.0 Å². The number of rotatable bonds is 5. The van der Waals surface area contributed by atoms with Gasteiger partial charge in [-0.3, -0.25) is 4.79 Å². The van der Waals surface area contributed by atoms with Crippen LogP contribution in [0.4, 0.5) is 0 Å². The van der Waals surface area contributed by atoms with Gasteiger partial charge >= 0.3 is 5.97 Å². The number of carbonyl (C=O) groups excluding carboxylic acids is 1. The zero-order valence-corrected chi connectivity index (χ0v) is 10.8. The average Bonchev–Trinajstić information content (AvgIpc) is 2.38. The third-order valence-electron chi connectivity index (χ3n) is 3.27. The van der Waals surface area contributed by atoms with Crippen molar-refractivity contribution in [3.05, 3.63) is 35.4 Å². The van der Waals surface area contributed by atoms with Crippen molar-refractivity contribution in [2.24, 2.45) is 5.73 Å². The van der Waals surface area contributed by atoms with Crippen molar-refractivity contribution in [3.63, 3.8) is 0 Å². The van der Waals surface area contributed by atoms with Crippen LogP contribution in [0.3, 0.4) is 0 Å². The number of ether oxygens (including phenoxy) is 1. The molecule has 17 heavy (non-hydrogen) atoms. The predicted octanol–water partition coefficient (Wildman–Crippen LogP) is 2.03. The first kappa shape index (κ1) is 13.7.